The third-order valence-corrected chi connectivity index (χ3v) is 11.2. The maximum absolute atomic E-state index is 6.73. The number of nitrogens with zero attached hydrogens (tertiary/aromatic N) is 4. The SMILES string of the molecule is c1ccc(-c2nc(-c3ccc4ccccc4c3)nc(-c3ccc4oc5c6ccccc6c(-n6c7ccccc7c7cc8ccccc8cc76)cc5c4c3)n2)cc1. The minimum atomic E-state index is 0.605. The molecular weight excluding hydrogens is 685 g/mol. The van der Waals surface area contributed by atoms with Crippen LogP contribution in [0.4, 0.5) is 0 Å². The van der Waals surface area contributed by atoms with Gasteiger partial charge in [0.05, 0.1) is 16.7 Å². The van der Waals surface area contributed by atoms with Gasteiger partial charge in [0.1, 0.15) is 11.2 Å². The molecule has 0 aliphatic heterocycles. The molecule has 5 nitrogen and oxygen atoms in total. The van der Waals surface area contributed by atoms with E-state index in [4.69, 9.17) is 19.4 Å². The summed E-state index contributed by atoms with van der Waals surface area (Å²) in [6.07, 6.45) is 0. The predicted octanol–water partition coefficient (Wildman–Crippen LogP) is 13.3. The first-order valence-electron chi connectivity index (χ1n) is 18.8. The van der Waals surface area contributed by atoms with Gasteiger partial charge in [-0.2, -0.15) is 0 Å². The molecule has 56 heavy (non-hydrogen) atoms. The molecule has 0 saturated heterocycles. The van der Waals surface area contributed by atoms with E-state index < -0.39 is 0 Å². The Kier molecular flexibility index (Phi) is 6.56. The zero-order valence-electron chi connectivity index (χ0n) is 30.0. The van der Waals surface area contributed by atoms with Crippen molar-refractivity contribution in [1.82, 2.24) is 19.5 Å². The van der Waals surface area contributed by atoms with Crippen molar-refractivity contribution in [2.45, 2.75) is 0 Å². The van der Waals surface area contributed by atoms with Crippen LogP contribution in [-0.4, -0.2) is 19.5 Å². The second-order valence-electron chi connectivity index (χ2n) is 14.4. The average molecular weight is 715 g/mol. The molecule has 0 aliphatic rings. The Hall–Kier alpha value is -7.63. The van der Waals surface area contributed by atoms with Gasteiger partial charge in [0.15, 0.2) is 17.5 Å². The molecule has 0 aliphatic carbocycles. The quantitative estimate of drug-likeness (QED) is 0.182. The van der Waals surface area contributed by atoms with Crippen LogP contribution in [0.2, 0.25) is 0 Å². The predicted molar refractivity (Wildman–Crippen MR) is 230 cm³/mol. The summed E-state index contributed by atoms with van der Waals surface area (Å²) >= 11 is 0. The Morgan fingerprint density at radius 1 is 0.339 bits per heavy atom. The number of furan rings is 1. The van der Waals surface area contributed by atoms with Crippen LogP contribution in [0.1, 0.15) is 0 Å². The van der Waals surface area contributed by atoms with Crippen LogP contribution in [0.5, 0.6) is 0 Å². The van der Waals surface area contributed by atoms with Gasteiger partial charge in [0, 0.05) is 49.0 Å². The van der Waals surface area contributed by atoms with Crippen molar-refractivity contribution in [3.05, 3.63) is 182 Å². The van der Waals surface area contributed by atoms with Gasteiger partial charge < -0.3 is 8.98 Å². The van der Waals surface area contributed by atoms with Gasteiger partial charge in [0.25, 0.3) is 0 Å². The summed E-state index contributed by atoms with van der Waals surface area (Å²) in [4.78, 5) is 15.2. The van der Waals surface area contributed by atoms with Crippen LogP contribution in [0.15, 0.2) is 186 Å². The largest absolute Gasteiger partial charge is 0.455 e. The zero-order valence-corrected chi connectivity index (χ0v) is 30.0. The van der Waals surface area contributed by atoms with Crippen LogP contribution < -0.4 is 0 Å². The van der Waals surface area contributed by atoms with Crippen LogP contribution in [0.25, 0.3) is 116 Å². The molecule has 0 atom stereocenters. The molecule has 0 spiro atoms. The topological polar surface area (TPSA) is 56.7 Å². The van der Waals surface area contributed by atoms with E-state index in [-0.39, 0.29) is 0 Å². The van der Waals surface area contributed by atoms with Crippen molar-refractivity contribution in [3.63, 3.8) is 0 Å². The number of benzene rings is 9. The molecule has 3 aromatic heterocycles. The normalized spacial score (nSPS) is 11.9. The molecule has 260 valence electrons. The number of hydrogen-bond acceptors (Lipinski definition) is 4. The van der Waals surface area contributed by atoms with Gasteiger partial charge in [-0.25, -0.2) is 15.0 Å². The highest BCUT2D eigenvalue weighted by Crippen LogP contribution is 2.42. The molecule has 0 amide bonds. The summed E-state index contributed by atoms with van der Waals surface area (Å²) in [5.41, 5.74) is 7.87. The minimum absolute atomic E-state index is 0.605. The Morgan fingerprint density at radius 3 is 1.71 bits per heavy atom. The number of rotatable bonds is 4. The fraction of sp³-hybridized carbons (Fsp3) is 0. The molecular formula is C51H30N4O. The highest BCUT2D eigenvalue weighted by molar-refractivity contribution is 6.20. The third-order valence-electron chi connectivity index (χ3n) is 11.2. The van der Waals surface area contributed by atoms with E-state index in [9.17, 15) is 0 Å². The van der Waals surface area contributed by atoms with Gasteiger partial charge in [-0.15, -0.1) is 0 Å². The van der Waals surface area contributed by atoms with Crippen LogP contribution >= 0.6 is 0 Å². The van der Waals surface area contributed by atoms with Crippen LogP contribution in [0, 0.1) is 0 Å². The summed E-state index contributed by atoms with van der Waals surface area (Å²) in [5.74, 6) is 1.86. The lowest BCUT2D eigenvalue weighted by Crippen LogP contribution is -2.00. The van der Waals surface area contributed by atoms with Crippen molar-refractivity contribution in [3.8, 4) is 39.9 Å². The fourth-order valence-corrected chi connectivity index (χ4v) is 8.50. The summed E-state index contributed by atoms with van der Waals surface area (Å²) in [7, 11) is 0. The molecule has 9 aromatic carbocycles. The first-order chi connectivity index (χ1) is 27.7. The van der Waals surface area contributed by atoms with E-state index >= 15 is 0 Å². The van der Waals surface area contributed by atoms with Crippen molar-refractivity contribution in [2.75, 3.05) is 0 Å². The molecule has 12 rings (SSSR count). The summed E-state index contributed by atoms with van der Waals surface area (Å²) in [6, 6.07) is 64.0. The first-order valence-corrected chi connectivity index (χ1v) is 18.8. The lowest BCUT2D eigenvalue weighted by molar-refractivity contribution is 0.672. The van der Waals surface area contributed by atoms with E-state index in [1.807, 2.05) is 36.4 Å². The number of fused-ring (bicyclic) bond motifs is 10. The van der Waals surface area contributed by atoms with Crippen molar-refractivity contribution in [1.29, 1.82) is 0 Å². The molecule has 0 bridgehead atoms. The van der Waals surface area contributed by atoms with Crippen molar-refractivity contribution in [2.24, 2.45) is 0 Å². The summed E-state index contributed by atoms with van der Waals surface area (Å²) in [5, 5.41) is 11.4. The second-order valence-corrected chi connectivity index (χ2v) is 14.4. The molecule has 0 fully saturated rings. The van der Waals surface area contributed by atoms with E-state index in [0.29, 0.717) is 17.5 Å². The minimum Gasteiger partial charge on any atom is -0.455 e. The van der Waals surface area contributed by atoms with Crippen LogP contribution in [-0.2, 0) is 0 Å². The lowest BCUT2D eigenvalue weighted by Gasteiger charge is -2.13. The monoisotopic (exact) mass is 714 g/mol. The Morgan fingerprint density at radius 2 is 0.929 bits per heavy atom. The second kappa shape index (κ2) is 11.9. The molecule has 0 N–H and O–H groups in total. The Labute approximate surface area is 320 Å². The number of hydrogen-bond donors (Lipinski definition) is 0. The molecule has 5 heteroatoms. The maximum Gasteiger partial charge on any atom is 0.164 e. The third kappa shape index (κ3) is 4.71. The van der Waals surface area contributed by atoms with Crippen LogP contribution in [0.3, 0.4) is 0 Å². The van der Waals surface area contributed by atoms with E-state index in [1.54, 1.807) is 0 Å². The van der Waals surface area contributed by atoms with Crippen molar-refractivity contribution < 1.29 is 4.42 Å². The molecule has 0 unspecified atom stereocenters. The summed E-state index contributed by atoms with van der Waals surface area (Å²) < 4.78 is 9.15. The molecule has 0 saturated carbocycles. The lowest BCUT2D eigenvalue weighted by atomic mass is 10.0. The van der Waals surface area contributed by atoms with Gasteiger partial charge in [0.2, 0.25) is 0 Å². The average Bonchev–Trinajstić information content (AvgIpc) is 3.80. The van der Waals surface area contributed by atoms with E-state index in [2.05, 4.69) is 150 Å². The van der Waals surface area contributed by atoms with Crippen molar-refractivity contribution >= 4 is 76.1 Å². The van der Waals surface area contributed by atoms with Gasteiger partial charge in [-0.1, -0.05) is 133 Å². The molecule has 12 aromatic rings. The Balaban J connectivity index is 1.11. The summed E-state index contributed by atoms with van der Waals surface area (Å²) in [6.45, 7) is 0. The maximum atomic E-state index is 6.73. The highest BCUT2D eigenvalue weighted by Gasteiger charge is 2.20. The van der Waals surface area contributed by atoms with E-state index in [1.165, 1.54) is 32.4 Å². The zero-order chi connectivity index (χ0) is 36.7. The van der Waals surface area contributed by atoms with E-state index in [0.717, 1.165) is 66.0 Å². The van der Waals surface area contributed by atoms with Gasteiger partial charge in [-0.3, -0.25) is 0 Å². The fourth-order valence-electron chi connectivity index (χ4n) is 8.50. The highest BCUT2D eigenvalue weighted by atomic mass is 16.3. The first kappa shape index (κ1) is 30.8. The van der Waals surface area contributed by atoms with Gasteiger partial charge in [-0.05, 0) is 70.1 Å². The van der Waals surface area contributed by atoms with Gasteiger partial charge >= 0.3 is 0 Å². The molecule has 3 heterocycles. The number of aromatic nitrogens is 4. The number of para-hydroxylation sites is 1. The smallest absolute Gasteiger partial charge is 0.164 e. The molecule has 0 radical (unpaired) electrons. The standard InChI is InChI=1S/C51H30N4O/c1-2-13-32(14-3-1)49-52-50(36-23-22-31-12-4-5-15-33(31)26-36)54-51(53-49)37-24-25-47-42(28-37)43-30-46(38-18-8-9-20-40(38)48(43)56-47)55-44-21-11-10-19-39(44)41-27-34-16-6-7-17-35(34)29-45(41)55/h1-30H. The Bertz CT molecular complexity index is 3540.